The van der Waals surface area contributed by atoms with Gasteiger partial charge in [-0.3, -0.25) is 0 Å². The second kappa shape index (κ2) is 4.57. The van der Waals surface area contributed by atoms with Crippen LogP contribution in [0.5, 0.6) is 17.2 Å². The molecule has 0 heterocycles. The van der Waals surface area contributed by atoms with Gasteiger partial charge in [0.25, 0.3) is 0 Å². The van der Waals surface area contributed by atoms with Crippen molar-refractivity contribution in [1.29, 1.82) is 0 Å². The zero-order valence-electron chi connectivity index (χ0n) is 9.96. The van der Waals surface area contributed by atoms with E-state index in [9.17, 15) is 0 Å². The van der Waals surface area contributed by atoms with Crippen LogP contribution in [-0.2, 0) is 0 Å². The van der Waals surface area contributed by atoms with Crippen molar-refractivity contribution in [3.8, 4) is 17.2 Å². The van der Waals surface area contributed by atoms with E-state index in [1.54, 1.807) is 14.2 Å². The van der Waals surface area contributed by atoms with Crippen molar-refractivity contribution in [3.63, 3.8) is 0 Å². The van der Waals surface area contributed by atoms with E-state index in [0.717, 1.165) is 17.2 Å². The summed E-state index contributed by atoms with van der Waals surface area (Å²) < 4.78 is 16.3. The van der Waals surface area contributed by atoms with Gasteiger partial charge in [-0.1, -0.05) is 0 Å². The Morgan fingerprint density at radius 1 is 0.933 bits per heavy atom. The second-order valence-electron chi connectivity index (χ2n) is 4.23. The molecular formula is C11H18O3Si. The fourth-order valence-electron chi connectivity index (χ4n) is 1.19. The first-order valence-corrected chi connectivity index (χ1v) is 8.28. The average molecular weight is 226 g/mol. The molecule has 0 aliphatic rings. The fourth-order valence-corrected chi connectivity index (χ4v) is 2.02. The van der Waals surface area contributed by atoms with Crippen LogP contribution >= 0.6 is 0 Å². The van der Waals surface area contributed by atoms with E-state index in [4.69, 9.17) is 13.9 Å². The van der Waals surface area contributed by atoms with Crippen molar-refractivity contribution in [2.75, 3.05) is 14.2 Å². The van der Waals surface area contributed by atoms with Gasteiger partial charge < -0.3 is 13.9 Å². The fraction of sp³-hybridized carbons (Fsp3) is 0.455. The maximum absolute atomic E-state index is 5.88. The number of benzene rings is 1. The van der Waals surface area contributed by atoms with E-state index < -0.39 is 8.32 Å². The summed E-state index contributed by atoms with van der Waals surface area (Å²) >= 11 is 0. The normalized spacial score (nSPS) is 11.0. The molecule has 0 atom stereocenters. The van der Waals surface area contributed by atoms with Gasteiger partial charge in [0.15, 0.2) is 5.75 Å². The third-order valence-corrected chi connectivity index (χ3v) is 2.62. The first-order chi connectivity index (χ1) is 6.96. The molecule has 0 aromatic heterocycles. The van der Waals surface area contributed by atoms with Gasteiger partial charge in [0, 0.05) is 6.07 Å². The topological polar surface area (TPSA) is 27.7 Å². The molecule has 0 radical (unpaired) electrons. The van der Waals surface area contributed by atoms with Crippen molar-refractivity contribution in [2.45, 2.75) is 19.6 Å². The molecule has 0 amide bonds. The molecule has 1 rings (SSSR count). The smallest absolute Gasteiger partial charge is 0.242 e. The summed E-state index contributed by atoms with van der Waals surface area (Å²) in [5, 5.41) is 0. The Kier molecular flexibility index (Phi) is 3.63. The Morgan fingerprint density at radius 2 is 1.60 bits per heavy atom. The van der Waals surface area contributed by atoms with Crippen LogP contribution in [0, 0.1) is 0 Å². The van der Waals surface area contributed by atoms with E-state index in [0.29, 0.717) is 0 Å². The van der Waals surface area contributed by atoms with Crippen LogP contribution in [0.1, 0.15) is 0 Å². The minimum absolute atomic E-state index is 0.719. The maximum Gasteiger partial charge on any atom is 0.242 e. The lowest BCUT2D eigenvalue weighted by Gasteiger charge is -2.21. The Balaban J connectivity index is 2.97. The SMILES string of the molecule is COc1ccc(O[Si](C)(C)C)c(OC)c1. The van der Waals surface area contributed by atoms with Gasteiger partial charge in [-0.2, -0.15) is 0 Å². The molecule has 0 saturated carbocycles. The Bertz CT molecular complexity index is 331. The molecular weight excluding hydrogens is 208 g/mol. The summed E-state index contributed by atoms with van der Waals surface area (Å²) in [5.41, 5.74) is 0. The highest BCUT2D eigenvalue weighted by Gasteiger charge is 2.18. The van der Waals surface area contributed by atoms with E-state index in [1.807, 2.05) is 18.2 Å². The highest BCUT2D eigenvalue weighted by molar-refractivity contribution is 6.70. The molecule has 0 saturated heterocycles. The zero-order valence-corrected chi connectivity index (χ0v) is 11.0. The van der Waals surface area contributed by atoms with Crippen molar-refractivity contribution in [2.24, 2.45) is 0 Å². The molecule has 3 nitrogen and oxygen atoms in total. The van der Waals surface area contributed by atoms with E-state index >= 15 is 0 Å². The van der Waals surface area contributed by atoms with Gasteiger partial charge >= 0.3 is 0 Å². The molecule has 4 heteroatoms. The Morgan fingerprint density at radius 3 is 2.07 bits per heavy atom. The molecule has 0 unspecified atom stereocenters. The Hall–Kier alpha value is -1.16. The molecule has 0 aliphatic carbocycles. The number of methoxy groups -OCH3 is 2. The quantitative estimate of drug-likeness (QED) is 0.739. The van der Waals surface area contributed by atoms with Gasteiger partial charge in [-0.15, -0.1) is 0 Å². The van der Waals surface area contributed by atoms with Crippen LogP contribution in [-0.4, -0.2) is 22.5 Å². The average Bonchev–Trinajstić information content (AvgIpc) is 2.16. The van der Waals surface area contributed by atoms with Crippen LogP contribution in [0.4, 0.5) is 0 Å². The molecule has 0 aliphatic heterocycles. The van der Waals surface area contributed by atoms with Crippen molar-refractivity contribution in [1.82, 2.24) is 0 Å². The zero-order chi connectivity index (χ0) is 11.5. The molecule has 1 aromatic rings. The first-order valence-electron chi connectivity index (χ1n) is 4.87. The largest absolute Gasteiger partial charge is 0.542 e. The maximum atomic E-state index is 5.88. The number of hydrogen-bond acceptors (Lipinski definition) is 3. The summed E-state index contributed by atoms with van der Waals surface area (Å²) in [7, 11) is 1.67. The monoisotopic (exact) mass is 226 g/mol. The lowest BCUT2D eigenvalue weighted by Crippen LogP contribution is -2.29. The molecule has 0 spiro atoms. The van der Waals surface area contributed by atoms with Crippen LogP contribution in [0.15, 0.2) is 18.2 Å². The molecule has 0 N–H and O–H groups in total. The van der Waals surface area contributed by atoms with Crippen LogP contribution in [0.25, 0.3) is 0 Å². The van der Waals surface area contributed by atoms with Crippen molar-refractivity contribution < 1.29 is 13.9 Å². The Labute approximate surface area is 92.1 Å². The number of ether oxygens (including phenoxy) is 2. The molecule has 0 fully saturated rings. The highest BCUT2D eigenvalue weighted by Crippen LogP contribution is 2.32. The van der Waals surface area contributed by atoms with Gasteiger partial charge in [0.1, 0.15) is 11.5 Å². The second-order valence-corrected chi connectivity index (χ2v) is 8.66. The van der Waals surface area contributed by atoms with Crippen LogP contribution in [0.3, 0.4) is 0 Å². The van der Waals surface area contributed by atoms with E-state index in [1.165, 1.54) is 0 Å². The number of hydrogen-bond donors (Lipinski definition) is 0. The summed E-state index contributed by atoms with van der Waals surface area (Å²) in [5.74, 6) is 2.28. The third-order valence-electron chi connectivity index (χ3n) is 1.79. The predicted octanol–water partition coefficient (Wildman–Crippen LogP) is 2.92. The van der Waals surface area contributed by atoms with Gasteiger partial charge in [0.05, 0.1) is 14.2 Å². The first kappa shape index (κ1) is 11.9. The molecule has 0 bridgehead atoms. The van der Waals surface area contributed by atoms with Gasteiger partial charge in [-0.05, 0) is 31.8 Å². The minimum atomic E-state index is -1.59. The molecule has 1 aromatic carbocycles. The number of rotatable bonds is 4. The van der Waals surface area contributed by atoms with E-state index in [2.05, 4.69) is 19.6 Å². The van der Waals surface area contributed by atoms with E-state index in [-0.39, 0.29) is 0 Å². The highest BCUT2D eigenvalue weighted by atomic mass is 28.4. The summed E-state index contributed by atoms with van der Waals surface area (Å²) in [6.45, 7) is 6.41. The van der Waals surface area contributed by atoms with Crippen LogP contribution < -0.4 is 13.9 Å². The van der Waals surface area contributed by atoms with Crippen molar-refractivity contribution in [3.05, 3.63) is 18.2 Å². The third kappa shape index (κ3) is 3.47. The predicted molar refractivity (Wildman–Crippen MR) is 63.5 cm³/mol. The van der Waals surface area contributed by atoms with Gasteiger partial charge in [-0.25, -0.2) is 0 Å². The summed E-state index contributed by atoms with van der Waals surface area (Å²) in [4.78, 5) is 0. The summed E-state index contributed by atoms with van der Waals surface area (Å²) in [6.07, 6.45) is 0. The lowest BCUT2D eigenvalue weighted by atomic mass is 10.3. The van der Waals surface area contributed by atoms with Crippen LogP contribution in [0.2, 0.25) is 19.6 Å². The van der Waals surface area contributed by atoms with Crippen molar-refractivity contribution >= 4 is 8.32 Å². The lowest BCUT2D eigenvalue weighted by molar-refractivity contribution is 0.379. The minimum Gasteiger partial charge on any atom is -0.542 e. The van der Waals surface area contributed by atoms with Gasteiger partial charge in [0.2, 0.25) is 8.32 Å². The molecule has 84 valence electrons. The standard InChI is InChI=1S/C11H18O3Si/c1-12-9-6-7-10(11(8-9)13-2)14-15(3,4)5/h6-8H,1-5H3. The summed E-state index contributed by atoms with van der Waals surface area (Å²) in [6, 6.07) is 5.59. The molecule has 15 heavy (non-hydrogen) atoms.